The number of hydrogen-bond donors (Lipinski definition) is 2. The van der Waals surface area contributed by atoms with Crippen LogP contribution in [0.2, 0.25) is 0 Å². The van der Waals surface area contributed by atoms with Gasteiger partial charge in [0.2, 0.25) is 6.41 Å². The van der Waals surface area contributed by atoms with Crippen LogP contribution in [-0.2, 0) is 4.79 Å². The summed E-state index contributed by atoms with van der Waals surface area (Å²) in [6, 6.07) is 3.75. The fourth-order valence-corrected chi connectivity index (χ4v) is 1.72. The average Bonchev–Trinajstić information content (AvgIpc) is 2.82. The quantitative estimate of drug-likeness (QED) is 0.788. The normalized spacial score (nSPS) is 8.88. The van der Waals surface area contributed by atoms with E-state index in [9.17, 15) is 4.79 Å². The van der Waals surface area contributed by atoms with Gasteiger partial charge < -0.3 is 11.1 Å². The molecule has 0 fully saturated rings. The molecule has 0 unspecified atom stereocenters. The van der Waals surface area contributed by atoms with E-state index in [0.29, 0.717) is 11.5 Å². The van der Waals surface area contributed by atoms with Gasteiger partial charge >= 0.3 is 0 Å². The Morgan fingerprint density at radius 1 is 1.38 bits per heavy atom. The zero-order valence-corrected chi connectivity index (χ0v) is 9.57. The van der Waals surface area contributed by atoms with Gasteiger partial charge in [-0.3, -0.25) is 9.78 Å². The minimum atomic E-state index is 0.604. The molecule has 0 aromatic carbocycles. The van der Waals surface area contributed by atoms with E-state index >= 15 is 0 Å². The van der Waals surface area contributed by atoms with E-state index in [1.165, 1.54) is 18.4 Å². The molecule has 0 radical (unpaired) electrons. The summed E-state index contributed by atoms with van der Waals surface area (Å²) in [5, 5.41) is 5.00. The van der Waals surface area contributed by atoms with Crippen LogP contribution in [-0.4, -0.2) is 23.4 Å². The highest BCUT2D eigenvalue weighted by Gasteiger charge is 2.02. The molecule has 3 N–H and O–H groups in total. The van der Waals surface area contributed by atoms with Crippen LogP contribution in [0.5, 0.6) is 0 Å². The molecule has 2 aromatic heterocycles. The molecule has 16 heavy (non-hydrogen) atoms. The van der Waals surface area contributed by atoms with E-state index in [1.54, 1.807) is 12.4 Å². The van der Waals surface area contributed by atoms with Gasteiger partial charge in [0.05, 0.1) is 5.69 Å². The number of nitrogens with zero attached hydrogens (tertiary/aromatic N) is 2. The predicted octanol–water partition coefficient (Wildman–Crippen LogP) is 1.35. The maximum absolute atomic E-state index is 10.2. The van der Waals surface area contributed by atoms with Gasteiger partial charge in [-0.15, -0.1) is 11.3 Å². The fourth-order valence-electron chi connectivity index (χ4n) is 1.05. The van der Waals surface area contributed by atoms with E-state index in [1.807, 2.05) is 17.5 Å². The third-order valence-corrected chi connectivity index (χ3v) is 2.44. The Morgan fingerprint density at radius 3 is 2.69 bits per heavy atom. The second-order valence-corrected chi connectivity index (χ2v) is 3.39. The van der Waals surface area contributed by atoms with Gasteiger partial charge in [-0.2, -0.15) is 0 Å². The smallest absolute Gasteiger partial charge is 0.213 e. The van der Waals surface area contributed by atoms with Crippen LogP contribution in [0.25, 0.3) is 11.3 Å². The van der Waals surface area contributed by atoms with E-state index in [0.717, 1.165) is 11.3 Å². The van der Waals surface area contributed by atoms with Crippen LogP contribution in [0.1, 0.15) is 0 Å². The Hall–Kier alpha value is -1.79. The van der Waals surface area contributed by atoms with Crippen LogP contribution in [0.3, 0.4) is 0 Å². The van der Waals surface area contributed by atoms with Gasteiger partial charge in [-0.1, -0.05) is 0 Å². The van der Waals surface area contributed by atoms with Gasteiger partial charge in [0.1, 0.15) is 0 Å². The summed E-state index contributed by atoms with van der Waals surface area (Å²) in [6.45, 7) is 0. The summed E-state index contributed by atoms with van der Waals surface area (Å²) < 4.78 is 0. The highest BCUT2D eigenvalue weighted by molar-refractivity contribution is 7.14. The molecule has 0 aliphatic heterocycles. The molecule has 0 bridgehead atoms. The minimum Gasteiger partial charge on any atom is -0.333 e. The lowest BCUT2D eigenvalue weighted by atomic mass is 10.2. The molecule has 2 aromatic rings. The number of carbonyl (C=O) groups is 1. The zero-order valence-electron chi connectivity index (χ0n) is 8.75. The fraction of sp³-hybridized carbons (Fsp3) is 0.100. The van der Waals surface area contributed by atoms with Crippen molar-refractivity contribution in [2.75, 3.05) is 12.4 Å². The maximum Gasteiger partial charge on any atom is 0.213 e. The van der Waals surface area contributed by atoms with Gasteiger partial charge in [-0.05, 0) is 19.2 Å². The van der Waals surface area contributed by atoms with E-state index < -0.39 is 0 Å². The molecule has 0 saturated heterocycles. The molecule has 84 valence electrons. The number of nitrogens with two attached hydrogens (primary N) is 1. The molecule has 0 atom stereocenters. The molecular weight excluding hydrogens is 224 g/mol. The number of nitrogens with one attached hydrogen (secondary N) is 1. The van der Waals surface area contributed by atoms with Crippen LogP contribution in [0.15, 0.2) is 29.9 Å². The van der Waals surface area contributed by atoms with Gasteiger partial charge in [0, 0.05) is 23.3 Å². The van der Waals surface area contributed by atoms with Crippen LogP contribution >= 0.6 is 11.3 Å². The third kappa shape index (κ3) is 3.11. The molecule has 2 rings (SSSR count). The van der Waals surface area contributed by atoms with E-state index in [4.69, 9.17) is 0 Å². The highest BCUT2D eigenvalue weighted by atomic mass is 32.1. The number of carbonyl (C=O) groups excluding carboxylic acids is 1. The van der Waals surface area contributed by atoms with E-state index in [2.05, 4.69) is 21.0 Å². The summed E-state index contributed by atoms with van der Waals surface area (Å²) >= 11 is 1.40. The molecule has 0 aliphatic carbocycles. The zero-order chi connectivity index (χ0) is 11.8. The maximum atomic E-state index is 10.2. The Bertz CT molecular complexity index is 429. The molecule has 2 heterocycles. The van der Waals surface area contributed by atoms with Crippen molar-refractivity contribution in [1.29, 1.82) is 0 Å². The summed E-state index contributed by atoms with van der Waals surface area (Å²) in [5.74, 6) is 0. The largest absolute Gasteiger partial charge is 0.333 e. The van der Waals surface area contributed by atoms with Crippen LogP contribution in [0, 0.1) is 0 Å². The van der Waals surface area contributed by atoms with Crippen molar-refractivity contribution >= 4 is 22.9 Å². The SMILES string of the molecule is CN.O=CNc1nc(-c2ccncc2)cs1. The first kappa shape index (κ1) is 12.3. The summed E-state index contributed by atoms with van der Waals surface area (Å²) in [7, 11) is 1.50. The van der Waals surface area contributed by atoms with Crippen LogP contribution in [0.4, 0.5) is 5.13 Å². The number of anilines is 1. The standard InChI is InChI=1S/C9H7N3OS.CH5N/c13-6-11-9-12-8(5-14-9)7-1-3-10-4-2-7;1-2/h1-6H,(H,11,12,13);2H2,1H3. The summed E-state index contributed by atoms with van der Waals surface area (Å²) in [5.41, 5.74) is 6.34. The number of rotatable bonds is 3. The molecule has 0 aliphatic rings. The van der Waals surface area contributed by atoms with Gasteiger partial charge in [-0.25, -0.2) is 4.98 Å². The second kappa shape index (κ2) is 6.65. The molecular formula is C10H12N4OS. The second-order valence-electron chi connectivity index (χ2n) is 2.54. The Kier molecular flexibility index (Phi) is 5.10. The first-order valence-electron chi connectivity index (χ1n) is 4.54. The lowest BCUT2D eigenvalue weighted by molar-refractivity contribution is -0.105. The van der Waals surface area contributed by atoms with Crippen molar-refractivity contribution in [1.82, 2.24) is 9.97 Å². The summed E-state index contributed by atoms with van der Waals surface area (Å²) in [6.07, 6.45) is 4.04. The first-order valence-corrected chi connectivity index (χ1v) is 5.42. The Balaban J connectivity index is 0.000000606. The lowest BCUT2D eigenvalue weighted by Gasteiger charge is -1.93. The molecule has 0 saturated carbocycles. The van der Waals surface area contributed by atoms with Crippen molar-refractivity contribution in [2.24, 2.45) is 5.73 Å². The van der Waals surface area contributed by atoms with E-state index in [-0.39, 0.29) is 0 Å². The molecule has 6 heteroatoms. The minimum absolute atomic E-state index is 0.604. The number of pyridine rings is 1. The average molecular weight is 236 g/mol. The summed E-state index contributed by atoms with van der Waals surface area (Å²) in [4.78, 5) is 18.3. The van der Waals surface area contributed by atoms with Crippen molar-refractivity contribution < 1.29 is 4.79 Å². The monoisotopic (exact) mass is 236 g/mol. The van der Waals surface area contributed by atoms with Gasteiger partial charge in [0.15, 0.2) is 5.13 Å². The lowest BCUT2D eigenvalue weighted by Crippen LogP contribution is -1.92. The van der Waals surface area contributed by atoms with Crippen molar-refractivity contribution in [3.63, 3.8) is 0 Å². The Labute approximate surface area is 97.4 Å². The topological polar surface area (TPSA) is 80.9 Å². The first-order chi connectivity index (χ1) is 7.90. The number of aromatic nitrogens is 2. The molecule has 0 spiro atoms. The highest BCUT2D eigenvalue weighted by Crippen LogP contribution is 2.23. The number of amides is 1. The predicted molar refractivity (Wildman–Crippen MR) is 65.1 cm³/mol. The Morgan fingerprint density at radius 2 is 2.06 bits per heavy atom. The van der Waals surface area contributed by atoms with Crippen LogP contribution < -0.4 is 11.1 Å². The number of thiazole rings is 1. The number of hydrogen-bond acceptors (Lipinski definition) is 5. The van der Waals surface area contributed by atoms with Gasteiger partial charge in [0.25, 0.3) is 0 Å². The van der Waals surface area contributed by atoms with Crippen molar-refractivity contribution in [3.05, 3.63) is 29.9 Å². The van der Waals surface area contributed by atoms with Crippen molar-refractivity contribution in [3.8, 4) is 11.3 Å². The molecule has 1 amide bonds. The van der Waals surface area contributed by atoms with Crippen molar-refractivity contribution in [2.45, 2.75) is 0 Å². The molecule has 5 nitrogen and oxygen atoms in total. The third-order valence-electron chi connectivity index (χ3n) is 1.66.